The van der Waals surface area contributed by atoms with Crippen molar-refractivity contribution in [2.45, 2.75) is 30.5 Å². The molecule has 0 amide bonds. The van der Waals surface area contributed by atoms with Gasteiger partial charge in [-0.05, 0) is 6.04 Å². The topological polar surface area (TPSA) is 9.23 Å². The molecule has 0 heterocycles. The van der Waals surface area contributed by atoms with Gasteiger partial charge in [-0.1, -0.05) is 19.6 Å². The van der Waals surface area contributed by atoms with E-state index >= 15 is 0 Å². The molecule has 0 radical (unpaired) electrons. The van der Waals surface area contributed by atoms with Crippen LogP contribution in [0.2, 0.25) is 25.7 Å². The molecule has 0 rings (SSSR count). The Morgan fingerprint density at radius 3 is 2.18 bits per heavy atom. The lowest BCUT2D eigenvalue weighted by Crippen LogP contribution is -2.22. The molecule has 0 atom stereocenters. The lowest BCUT2D eigenvalue weighted by Gasteiger charge is -2.15. The van der Waals surface area contributed by atoms with Gasteiger partial charge in [0.2, 0.25) is 0 Å². The molecule has 0 unspecified atom stereocenters. The highest BCUT2D eigenvalue weighted by Gasteiger charge is 2.12. The highest BCUT2D eigenvalue weighted by molar-refractivity contribution is 6.76. The lowest BCUT2D eigenvalue weighted by atomic mass is 10.8. The summed E-state index contributed by atoms with van der Waals surface area (Å²) in [5.41, 5.74) is 0. The van der Waals surface area contributed by atoms with E-state index in [1.54, 1.807) is 0 Å². The molecular weight excluding hydrogens is 199 g/mol. The second-order valence-corrected chi connectivity index (χ2v) is 10.7. The summed E-state index contributed by atoms with van der Waals surface area (Å²) in [4.78, 5) is -0.378. The quantitative estimate of drug-likeness (QED) is 0.389. The molecule has 0 fully saturated rings. The second-order valence-electron chi connectivity index (χ2n) is 3.78. The van der Waals surface area contributed by atoms with Gasteiger partial charge in [0.25, 0.3) is 0 Å². The predicted molar refractivity (Wildman–Crippen MR) is 54.5 cm³/mol. The van der Waals surface area contributed by atoms with Crippen molar-refractivity contribution >= 4 is 31.3 Å². The van der Waals surface area contributed by atoms with Crippen LogP contribution < -0.4 is 0 Å². The van der Waals surface area contributed by atoms with Gasteiger partial charge in [-0.2, -0.15) is 0 Å². The minimum atomic E-state index is -0.940. The first-order valence-corrected chi connectivity index (χ1v) is 8.36. The molecule has 0 aliphatic carbocycles. The molecule has 0 saturated carbocycles. The maximum absolute atomic E-state index is 5.48. The van der Waals surface area contributed by atoms with E-state index in [0.29, 0.717) is 6.61 Å². The zero-order chi connectivity index (χ0) is 8.91. The largest absolute Gasteiger partial charge is 0.379 e. The van der Waals surface area contributed by atoms with E-state index < -0.39 is 8.07 Å². The maximum Gasteiger partial charge on any atom is 0.131 e. The predicted octanol–water partition coefficient (Wildman–Crippen LogP) is 3.14. The molecule has 0 aliphatic heterocycles. The Labute approximate surface area is 80.0 Å². The smallest absolute Gasteiger partial charge is 0.131 e. The summed E-state index contributed by atoms with van der Waals surface area (Å²) in [6, 6.07) is 1.17. The lowest BCUT2D eigenvalue weighted by molar-refractivity contribution is 0.157. The number of alkyl halides is 2. The van der Waals surface area contributed by atoms with E-state index in [0.717, 1.165) is 6.61 Å². The maximum atomic E-state index is 5.48. The Balaban J connectivity index is 3.15. The van der Waals surface area contributed by atoms with Crippen LogP contribution in [-0.2, 0) is 4.74 Å². The van der Waals surface area contributed by atoms with Crippen LogP contribution in [0.15, 0.2) is 0 Å². The third-order valence-corrected chi connectivity index (χ3v) is 3.20. The summed E-state index contributed by atoms with van der Waals surface area (Å²) in [6.07, 6.45) is 0. The van der Waals surface area contributed by atoms with Crippen LogP contribution in [0, 0.1) is 0 Å². The van der Waals surface area contributed by atoms with Crippen molar-refractivity contribution < 1.29 is 4.74 Å². The second kappa shape index (κ2) is 5.41. The van der Waals surface area contributed by atoms with Gasteiger partial charge in [0.05, 0.1) is 6.61 Å². The van der Waals surface area contributed by atoms with Crippen LogP contribution in [0.25, 0.3) is 0 Å². The average Bonchev–Trinajstić information content (AvgIpc) is 1.78. The van der Waals surface area contributed by atoms with Crippen LogP contribution in [0.3, 0.4) is 0 Å². The van der Waals surface area contributed by atoms with Crippen LogP contribution in [0.5, 0.6) is 0 Å². The van der Waals surface area contributed by atoms with Gasteiger partial charge >= 0.3 is 0 Å². The molecule has 0 aromatic heterocycles. The van der Waals surface area contributed by atoms with Gasteiger partial charge in [-0.15, -0.1) is 23.2 Å². The number of ether oxygens (including phenoxy) is 1. The molecular formula is C7H16Cl2OSi. The molecule has 68 valence electrons. The first-order chi connectivity index (χ1) is 4.92. The Morgan fingerprint density at radius 1 is 1.27 bits per heavy atom. The molecule has 0 bridgehead atoms. The van der Waals surface area contributed by atoms with E-state index in [2.05, 4.69) is 19.6 Å². The SMILES string of the molecule is C[Si](C)(C)CCOCC(Cl)Cl. The van der Waals surface area contributed by atoms with Crippen LogP contribution in [0.4, 0.5) is 0 Å². The molecule has 0 N–H and O–H groups in total. The van der Waals surface area contributed by atoms with Crippen molar-refractivity contribution in [3.63, 3.8) is 0 Å². The van der Waals surface area contributed by atoms with Gasteiger partial charge in [0.15, 0.2) is 0 Å². The third-order valence-electron chi connectivity index (χ3n) is 1.24. The number of hydrogen-bond donors (Lipinski definition) is 0. The summed E-state index contributed by atoms with van der Waals surface area (Å²) in [7, 11) is -0.940. The summed E-state index contributed by atoms with van der Waals surface area (Å²) in [5, 5.41) is 0. The monoisotopic (exact) mass is 214 g/mol. The van der Waals surface area contributed by atoms with Gasteiger partial charge in [-0.3, -0.25) is 0 Å². The zero-order valence-corrected chi connectivity index (χ0v) is 9.87. The third kappa shape index (κ3) is 10.8. The van der Waals surface area contributed by atoms with E-state index in [4.69, 9.17) is 27.9 Å². The normalized spacial score (nSPS) is 12.5. The fourth-order valence-corrected chi connectivity index (χ4v) is 1.49. The average molecular weight is 215 g/mol. The Hall–Kier alpha value is 0.757. The van der Waals surface area contributed by atoms with Crippen molar-refractivity contribution in [3.05, 3.63) is 0 Å². The van der Waals surface area contributed by atoms with E-state index in [1.807, 2.05) is 0 Å². The Morgan fingerprint density at radius 2 is 1.82 bits per heavy atom. The Kier molecular flexibility index (Phi) is 5.78. The highest BCUT2D eigenvalue weighted by atomic mass is 35.5. The molecule has 0 spiro atoms. The highest BCUT2D eigenvalue weighted by Crippen LogP contribution is 2.08. The van der Waals surface area contributed by atoms with E-state index in [-0.39, 0.29) is 4.84 Å². The molecule has 0 saturated heterocycles. The molecule has 1 nitrogen and oxygen atoms in total. The van der Waals surface area contributed by atoms with Crippen LogP contribution in [-0.4, -0.2) is 26.1 Å². The van der Waals surface area contributed by atoms with Crippen molar-refractivity contribution in [2.24, 2.45) is 0 Å². The van der Waals surface area contributed by atoms with Gasteiger partial charge < -0.3 is 4.74 Å². The van der Waals surface area contributed by atoms with Gasteiger partial charge in [-0.25, -0.2) is 0 Å². The summed E-state index contributed by atoms with van der Waals surface area (Å²) >= 11 is 11.0. The molecule has 0 aliphatic rings. The summed E-state index contributed by atoms with van der Waals surface area (Å²) in [6.45, 7) is 8.19. The van der Waals surface area contributed by atoms with Crippen LogP contribution >= 0.6 is 23.2 Å². The van der Waals surface area contributed by atoms with Crippen molar-refractivity contribution in [3.8, 4) is 0 Å². The van der Waals surface area contributed by atoms with Gasteiger partial charge in [0.1, 0.15) is 4.84 Å². The summed E-state index contributed by atoms with van der Waals surface area (Å²) in [5.74, 6) is 0. The molecule has 4 heteroatoms. The van der Waals surface area contributed by atoms with Crippen molar-refractivity contribution in [1.82, 2.24) is 0 Å². The first kappa shape index (κ1) is 11.8. The Bertz CT molecular complexity index is 101. The molecule has 0 aromatic rings. The fourth-order valence-electron chi connectivity index (χ4n) is 0.551. The van der Waals surface area contributed by atoms with Crippen molar-refractivity contribution in [1.29, 1.82) is 0 Å². The minimum absolute atomic E-state index is 0.378. The first-order valence-electron chi connectivity index (χ1n) is 3.78. The van der Waals surface area contributed by atoms with Gasteiger partial charge in [0, 0.05) is 14.7 Å². The number of rotatable bonds is 5. The molecule has 11 heavy (non-hydrogen) atoms. The number of halogens is 2. The molecule has 0 aromatic carbocycles. The minimum Gasteiger partial charge on any atom is -0.379 e. The fraction of sp³-hybridized carbons (Fsp3) is 1.00. The zero-order valence-electron chi connectivity index (χ0n) is 7.36. The summed E-state index contributed by atoms with van der Waals surface area (Å²) < 4.78 is 5.24. The van der Waals surface area contributed by atoms with E-state index in [1.165, 1.54) is 6.04 Å². The van der Waals surface area contributed by atoms with Crippen molar-refractivity contribution in [2.75, 3.05) is 13.2 Å². The van der Waals surface area contributed by atoms with E-state index in [9.17, 15) is 0 Å². The van der Waals surface area contributed by atoms with Crippen LogP contribution in [0.1, 0.15) is 0 Å². The number of hydrogen-bond acceptors (Lipinski definition) is 1. The standard InChI is InChI=1S/C7H16Cl2OSi/c1-11(2,3)5-4-10-6-7(8)9/h7H,4-6H2,1-3H3.